The molecule has 0 rings (SSSR count). The molecule has 0 saturated carbocycles. The number of hydrogen-bond acceptors (Lipinski definition) is 9. The van der Waals surface area contributed by atoms with Crippen LogP contribution in [0.3, 0.4) is 0 Å². The van der Waals surface area contributed by atoms with Gasteiger partial charge in [0.15, 0.2) is 6.10 Å². The molecule has 0 fully saturated rings. The van der Waals surface area contributed by atoms with Crippen molar-refractivity contribution in [3.63, 3.8) is 0 Å². The first-order valence-electron chi connectivity index (χ1n) is 21.8. The van der Waals surface area contributed by atoms with Crippen molar-refractivity contribution in [2.75, 3.05) is 47.5 Å². The van der Waals surface area contributed by atoms with Crippen LogP contribution in [0.2, 0.25) is 0 Å². The van der Waals surface area contributed by atoms with Gasteiger partial charge in [-0.15, -0.1) is 0 Å². The van der Waals surface area contributed by atoms with Crippen LogP contribution in [0.25, 0.3) is 0 Å². The molecule has 0 aliphatic rings. The number of nitrogens with zero attached hydrogens (tertiary/aromatic N) is 1. The summed E-state index contributed by atoms with van der Waals surface area (Å²) in [5, 5.41) is 20.0. The first-order chi connectivity index (χ1) is 28.8. The van der Waals surface area contributed by atoms with Crippen molar-refractivity contribution in [2.24, 2.45) is 0 Å². The summed E-state index contributed by atoms with van der Waals surface area (Å²) in [6.45, 7) is 3.89. The van der Waals surface area contributed by atoms with Crippen molar-refractivity contribution < 1.29 is 52.3 Å². The van der Waals surface area contributed by atoms with Gasteiger partial charge in [-0.1, -0.05) is 136 Å². The summed E-state index contributed by atoms with van der Waals surface area (Å²) >= 11 is 0. The van der Waals surface area contributed by atoms with Crippen LogP contribution >= 0.6 is 7.82 Å². The van der Waals surface area contributed by atoms with Crippen LogP contribution in [0.5, 0.6) is 0 Å². The molecule has 0 aromatic heterocycles. The molecule has 340 valence electrons. The Hall–Kier alpha value is -3.41. The summed E-state index contributed by atoms with van der Waals surface area (Å²) in [6, 6.07) is 0. The van der Waals surface area contributed by atoms with E-state index in [1.54, 1.807) is 30.4 Å². The Balaban J connectivity index is 4.70. The van der Waals surface area contributed by atoms with Crippen LogP contribution in [0, 0.1) is 0 Å². The molecule has 0 aliphatic heterocycles. The fraction of sp³-hybridized carbons (Fsp3) is 0.583. The Kier molecular flexibility index (Phi) is 36.3. The van der Waals surface area contributed by atoms with Crippen LogP contribution in [0.1, 0.15) is 117 Å². The number of quaternary nitrogens is 1. The minimum absolute atomic E-state index is 0.0154. The Labute approximate surface area is 362 Å². The lowest BCUT2D eigenvalue weighted by Gasteiger charge is -2.24. The molecule has 0 saturated heterocycles. The maximum atomic E-state index is 12.7. The number of hydrogen-bond donors (Lipinski definition) is 3. The largest absolute Gasteiger partial charge is 0.472 e. The predicted molar refractivity (Wildman–Crippen MR) is 245 cm³/mol. The second kappa shape index (κ2) is 38.5. The van der Waals surface area contributed by atoms with Gasteiger partial charge in [0.1, 0.15) is 19.8 Å². The summed E-state index contributed by atoms with van der Waals surface area (Å²) in [5.41, 5.74) is 0. The number of carbonyl (C=O) groups is 2. The van der Waals surface area contributed by atoms with E-state index in [0.717, 1.165) is 38.5 Å². The molecule has 0 aliphatic carbocycles. The maximum Gasteiger partial charge on any atom is 0.472 e. The lowest BCUT2D eigenvalue weighted by atomic mass is 10.1. The molecule has 0 radical (unpaired) electrons. The molecule has 1 unspecified atom stereocenters. The van der Waals surface area contributed by atoms with E-state index in [9.17, 15) is 29.3 Å². The van der Waals surface area contributed by atoms with E-state index >= 15 is 0 Å². The number of aliphatic hydroxyl groups is 2. The van der Waals surface area contributed by atoms with Gasteiger partial charge in [-0.25, -0.2) is 4.57 Å². The topological polar surface area (TPSA) is 149 Å². The third-order valence-corrected chi connectivity index (χ3v) is 9.45. The third-order valence-electron chi connectivity index (χ3n) is 8.46. The van der Waals surface area contributed by atoms with Gasteiger partial charge in [0, 0.05) is 12.8 Å². The monoisotopic (exact) mass is 861 g/mol. The molecule has 12 heteroatoms. The van der Waals surface area contributed by atoms with Crippen LogP contribution in [0.4, 0.5) is 0 Å². The zero-order valence-corrected chi connectivity index (χ0v) is 38.3. The first kappa shape index (κ1) is 56.6. The molecule has 0 bridgehead atoms. The number of allylic oxidation sites excluding steroid dienone is 14. The van der Waals surface area contributed by atoms with Crippen molar-refractivity contribution in [3.05, 3.63) is 109 Å². The zero-order valence-electron chi connectivity index (χ0n) is 37.4. The van der Waals surface area contributed by atoms with Crippen LogP contribution in [-0.4, -0.2) is 97.3 Å². The highest BCUT2D eigenvalue weighted by atomic mass is 31.2. The summed E-state index contributed by atoms with van der Waals surface area (Å²) in [4.78, 5) is 35.3. The lowest BCUT2D eigenvalue weighted by molar-refractivity contribution is -0.870. The SMILES string of the molecule is CC/C=C\C[C@@H](O)/C=C/C=C\C/C=C\C=C\[C@@H](O)/C=C\CCCC(=O)OC[C@H](COP(=O)(O)OCC[N+](C)(C)C)OC(=O)CCCC/C=C\C/C=C\C/C=C\CCCCC. The highest BCUT2D eigenvalue weighted by Crippen LogP contribution is 2.43. The summed E-state index contributed by atoms with van der Waals surface area (Å²) in [7, 11) is 1.32. The Morgan fingerprint density at radius 2 is 1.23 bits per heavy atom. The van der Waals surface area contributed by atoms with Gasteiger partial charge in [-0.2, -0.15) is 0 Å². The van der Waals surface area contributed by atoms with Crippen molar-refractivity contribution in [3.8, 4) is 0 Å². The lowest BCUT2D eigenvalue weighted by Crippen LogP contribution is -2.37. The van der Waals surface area contributed by atoms with Gasteiger partial charge in [-0.05, 0) is 77.0 Å². The Morgan fingerprint density at radius 1 is 0.633 bits per heavy atom. The fourth-order valence-corrected chi connectivity index (χ4v) is 5.73. The molecule has 11 nitrogen and oxygen atoms in total. The second-order valence-electron chi connectivity index (χ2n) is 15.4. The fourth-order valence-electron chi connectivity index (χ4n) is 4.99. The van der Waals surface area contributed by atoms with Gasteiger partial charge in [0.25, 0.3) is 0 Å². The van der Waals surface area contributed by atoms with E-state index in [-0.39, 0.29) is 26.1 Å². The number of phosphoric acid groups is 1. The number of likely N-dealkylation sites (N-methyl/N-ethyl adjacent to an activating group) is 1. The van der Waals surface area contributed by atoms with E-state index in [1.807, 2.05) is 63.7 Å². The predicted octanol–water partition coefficient (Wildman–Crippen LogP) is 10.3. The standard InChI is InChI=1S/C48H78NO10P/c1-6-8-10-11-12-13-14-15-16-17-18-19-23-26-32-39-48(53)59-46(43-58-60(54,55)57-41-40-49(3,4)5)42-56-47(52)38-33-27-31-37-45(51)36-30-25-22-20-21-24-29-35-44(50)34-28-9-7-2/h9,12-13,15-16,18-19,21-22,24-25,28-31,35-37,44-46,50-51H,6-8,10-11,14,17,20,23,26-27,32-34,38-43H2,1-5H3/p+1/b13-12-,16-15-,19-18-,24-21-,25-22-,28-9-,35-29+,36-30+,37-31-/t44-,45-,46-/m1/s1. The van der Waals surface area contributed by atoms with Gasteiger partial charge >= 0.3 is 19.8 Å². The number of aliphatic hydroxyl groups excluding tert-OH is 2. The minimum Gasteiger partial charge on any atom is -0.462 e. The second-order valence-corrected chi connectivity index (χ2v) is 16.8. The molecule has 0 heterocycles. The summed E-state index contributed by atoms with van der Waals surface area (Å²) in [5.74, 6) is -1.04. The Bertz CT molecular complexity index is 1420. The van der Waals surface area contributed by atoms with Gasteiger partial charge in [0.2, 0.25) is 0 Å². The van der Waals surface area contributed by atoms with Crippen LogP contribution in [0.15, 0.2) is 109 Å². The molecule has 60 heavy (non-hydrogen) atoms. The van der Waals surface area contributed by atoms with E-state index in [4.69, 9.17) is 18.5 Å². The maximum absolute atomic E-state index is 12.7. The van der Waals surface area contributed by atoms with Crippen molar-refractivity contribution >= 4 is 19.8 Å². The van der Waals surface area contributed by atoms with E-state index in [1.165, 1.54) is 19.3 Å². The molecule has 0 amide bonds. The number of esters is 2. The average molecular weight is 861 g/mol. The van der Waals surface area contributed by atoms with Crippen LogP contribution in [-0.2, 0) is 32.7 Å². The molecular formula is C48H79NO10P+. The molecule has 4 atom stereocenters. The van der Waals surface area contributed by atoms with Crippen molar-refractivity contribution in [2.45, 2.75) is 135 Å². The highest BCUT2D eigenvalue weighted by Gasteiger charge is 2.27. The van der Waals surface area contributed by atoms with Crippen LogP contribution < -0.4 is 0 Å². The van der Waals surface area contributed by atoms with Crippen molar-refractivity contribution in [1.29, 1.82) is 0 Å². The molecular weight excluding hydrogens is 781 g/mol. The third kappa shape index (κ3) is 41.3. The number of ether oxygens (including phenoxy) is 2. The van der Waals surface area contributed by atoms with E-state index < -0.39 is 44.7 Å². The summed E-state index contributed by atoms with van der Waals surface area (Å²) < 4.78 is 34.1. The van der Waals surface area contributed by atoms with Gasteiger partial charge in [-0.3, -0.25) is 18.6 Å². The molecule has 0 aromatic rings. The van der Waals surface area contributed by atoms with Gasteiger partial charge < -0.3 is 29.1 Å². The first-order valence-corrected chi connectivity index (χ1v) is 23.3. The minimum atomic E-state index is -4.44. The average Bonchev–Trinajstić information content (AvgIpc) is 3.19. The zero-order chi connectivity index (χ0) is 44.6. The highest BCUT2D eigenvalue weighted by molar-refractivity contribution is 7.47. The number of carbonyl (C=O) groups excluding carboxylic acids is 2. The van der Waals surface area contributed by atoms with Gasteiger partial charge in [0.05, 0.1) is 40.0 Å². The molecule has 3 N–H and O–H groups in total. The van der Waals surface area contributed by atoms with E-state index in [0.29, 0.717) is 43.1 Å². The number of rotatable bonds is 37. The molecule has 0 aromatic carbocycles. The Morgan fingerprint density at radius 3 is 1.88 bits per heavy atom. The normalized spacial score (nSPS) is 15.7. The van der Waals surface area contributed by atoms with E-state index in [2.05, 4.69) is 50.3 Å². The quantitative estimate of drug-likeness (QED) is 0.0138. The number of unbranched alkanes of at least 4 members (excludes halogenated alkanes) is 6. The number of phosphoric ester groups is 1. The van der Waals surface area contributed by atoms with Crippen molar-refractivity contribution in [1.82, 2.24) is 0 Å². The smallest absolute Gasteiger partial charge is 0.462 e. The summed E-state index contributed by atoms with van der Waals surface area (Å²) in [6.07, 6.45) is 45.1. The molecule has 0 spiro atoms.